The number of carbonyl (C=O) groups excluding carboxylic acids is 1. The molecule has 0 spiro atoms. The summed E-state index contributed by atoms with van der Waals surface area (Å²) in [5.41, 5.74) is 1.27. The molecule has 1 amide bonds. The molecule has 7 heteroatoms. The molecule has 0 aliphatic rings. The zero-order chi connectivity index (χ0) is 19.3. The Hall–Kier alpha value is -1.74. The second kappa shape index (κ2) is 14.3. The molecule has 2 aromatic rings. The fourth-order valence-corrected chi connectivity index (χ4v) is 3.08. The highest BCUT2D eigenvalue weighted by atomic mass is 127. The number of nitrogens with zero attached hydrogens (tertiary/aromatic N) is 2. The molecule has 152 valence electrons. The van der Waals surface area contributed by atoms with Gasteiger partial charge in [0.1, 0.15) is 6.54 Å². The molecule has 0 saturated heterocycles. The van der Waals surface area contributed by atoms with Gasteiger partial charge in [0.15, 0.2) is 5.96 Å². The molecule has 0 saturated carbocycles. The highest BCUT2D eigenvalue weighted by Gasteiger charge is 2.04. The van der Waals surface area contributed by atoms with Crippen LogP contribution in [0.3, 0.4) is 0 Å². The first-order chi connectivity index (χ1) is 13.1. The summed E-state index contributed by atoms with van der Waals surface area (Å²) in [6.07, 6.45) is 0.905. The highest BCUT2D eigenvalue weighted by Crippen LogP contribution is 2.15. The molecule has 0 fully saturated rings. The molecular formula is C21H29IN4OS. The van der Waals surface area contributed by atoms with Crippen molar-refractivity contribution < 1.29 is 4.79 Å². The van der Waals surface area contributed by atoms with Crippen LogP contribution in [0.5, 0.6) is 0 Å². The van der Waals surface area contributed by atoms with Crippen molar-refractivity contribution in [2.45, 2.75) is 11.3 Å². The molecular weight excluding hydrogens is 483 g/mol. The maximum atomic E-state index is 11.8. The lowest BCUT2D eigenvalue weighted by molar-refractivity contribution is -0.127. The Bertz CT molecular complexity index is 711. The lowest BCUT2D eigenvalue weighted by atomic mass is 10.1. The third kappa shape index (κ3) is 9.98. The quantitative estimate of drug-likeness (QED) is 0.178. The van der Waals surface area contributed by atoms with E-state index in [0.29, 0.717) is 5.96 Å². The van der Waals surface area contributed by atoms with E-state index >= 15 is 0 Å². The fourth-order valence-electron chi connectivity index (χ4n) is 2.29. The van der Waals surface area contributed by atoms with Crippen molar-refractivity contribution in [3.63, 3.8) is 0 Å². The molecule has 2 rings (SSSR count). The fraction of sp³-hybridized carbons (Fsp3) is 0.333. The summed E-state index contributed by atoms with van der Waals surface area (Å²) in [5.74, 6) is 1.58. The predicted molar refractivity (Wildman–Crippen MR) is 130 cm³/mol. The van der Waals surface area contributed by atoms with Gasteiger partial charge in [0.05, 0.1) is 0 Å². The molecule has 0 aliphatic heterocycles. The Morgan fingerprint density at radius 2 is 1.57 bits per heavy atom. The Balaban J connectivity index is 0.00000392. The van der Waals surface area contributed by atoms with Gasteiger partial charge in [-0.2, -0.15) is 0 Å². The van der Waals surface area contributed by atoms with E-state index in [9.17, 15) is 4.79 Å². The molecule has 0 heterocycles. The number of guanidine groups is 1. The van der Waals surface area contributed by atoms with E-state index in [2.05, 4.69) is 39.9 Å². The average Bonchev–Trinajstić information content (AvgIpc) is 2.70. The number of amides is 1. The van der Waals surface area contributed by atoms with Crippen LogP contribution in [0.15, 0.2) is 70.6 Å². The molecule has 2 aromatic carbocycles. The van der Waals surface area contributed by atoms with Gasteiger partial charge in [-0.15, -0.1) is 35.7 Å². The summed E-state index contributed by atoms with van der Waals surface area (Å²) >= 11 is 1.79. The van der Waals surface area contributed by atoms with E-state index < -0.39 is 0 Å². The first-order valence-electron chi connectivity index (χ1n) is 9.09. The van der Waals surface area contributed by atoms with Crippen molar-refractivity contribution in [2.75, 3.05) is 39.5 Å². The SMILES string of the molecule is CN(C)C(=O)CN=C(NCCSc1ccccc1)NCCc1ccccc1.I. The summed E-state index contributed by atoms with van der Waals surface area (Å²) in [6.45, 7) is 1.67. The summed E-state index contributed by atoms with van der Waals surface area (Å²) in [5, 5.41) is 6.64. The molecule has 5 nitrogen and oxygen atoms in total. The number of aliphatic imine (C=N–C) groups is 1. The van der Waals surface area contributed by atoms with Crippen LogP contribution in [0, 0.1) is 0 Å². The Morgan fingerprint density at radius 1 is 0.964 bits per heavy atom. The number of halogens is 1. The number of rotatable bonds is 9. The number of nitrogens with one attached hydrogen (secondary N) is 2. The number of hydrogen-bond donors (Lipinski definition) is 2. The predicted octanol–water partition coefficient (Wildman–Crippen LogP) is 3.26. The van der Waals surface area contributed by atoms with E-state index in [1.54, 1.807) is 30.8 Å². The lowest BCUT2D eigenvalue weighted by Crippen LogP contribution is -2.40. The number of carbonyl (C=O) groups is 1. The standard InChI is InChI=1S/C21H28N4OS.HI/c1-25(2)20(26)17-24-21(22-14-13-18-9-5-3-6-10-18)23-15-16-27-19-11-7-4-8-12-19;/h3-12H,13-17H2,1-2H3,(H2,22,23,24);1H. The minimum atomic E-state index is -0.0159. The molecule has 0 aromatic heterocycles. The topological polar surface area (TPSA) is 56.7 Å². The number of hydrogen-bond acceptors (Lipinski definition) is 3. The van der Waals surface area contributed by atoms with E-state index in [1.165, 1.54) is 10.5 Å². The number of thioether (sulfide) groups is 1. The van der Waals surface area contributed by atoms with Gasteiger partial charge >= 0.3 is 0 Å². The lowest BCUT2D eigenvalue weighted by Gasteiger charge is -2.14. The summed E-state index contributed by atoms with van der Waals surface area (Å²) in [7, 11) is 3.48. The van der Waals surface area contributed by atoms with Crippen LogP contribution in [0.1, 0.15) is 5.56 Å². The third-order valence-electron chi connectivity index (χ3n) is 3.83. The zero-order valence-electron chi connectivity index (χ0n) is 16.4. The van der Waals surface area contributed by atoms with E-state index in [4.69, 9.17) is 0 Å². The van der Waals surface area contributed by atoms with E-state index in [1.807, 2.05) is 36.4 Å². The molecule has 0 bridgehead atoms. The molecule has 0 radical (unpaired) electrons. The summed E-state index contributed by atoms with van der Waals surface area (Å²) in [4.78, 5) is 19.0. The van der Waals surface area contributed by atoms with Crippen molar-refractivity contribution in [3.05, 3.63) is 66.2 Å². The second-order valence-electron chi connectivity index (χ2n) is 6.20. The minimum absolute atomic E-state index is 0. The normalized spacial score (nSPS) is 10.7. The van der Waals surface area contributed by atoms with Gasteiger partial charge in [0.25, 0.3) is 0 Å². The van der Waals surface area contributed by atoms with Gasteiger partial charge in [-0.3, -0.25) is 4.79 Å². The van der Waals surface area contributed by atoms with Crippen molar-refractivity contribution in [2.24, 2.45) is 4.99 Å². The minimum Gasteiger partial charge on any atom is -0.356 e. The number of benzene rings is 2. The van der Waals surface area contributed by atoms with Crippen LogP contribution < -0.4 is 10.6 Å². The van der Waals surface area contributed by atoms with Crippen LogP contribution in [0.4, 0.5) is 0 Å². The van der Waals surface area contributed by atoms with Crippen molar-refractivity contribution in [3.8, 4) is 0 Å². The smallest absolute Gasteiger partial charge is 0.243 e. The van der Waals surface area contributed by atoms with E-state index in [0.717, 1.165) is 25.3 Å². The molecule has 0 atom stereocenters. The maximum absolute atomic E-state index is 11.8. The van der Waals surface area contributed by atoms with Crippen molar-refractivity contribution >= 4 is 47.6 Å². The molecule has 0 unspecified atom stereocenters. The monoisotopic (exact) mass is 512 g/mol. The average molecular weight is 512 g/mol. The first kappa shape index (κ1) is 24.3. The van der Waals surface area contributed by atoms with Gasteiger partial charge in [0.2, 0.25) is 5.91 Å². The summed E-state index contributed by atoms with van der Waals surface area (Å²) in [6, 6.07) is 20.6. The van der Waals surface area contributed by atoms with Crippen LogP contribution >= 0.6 is 35.7 Å². The third-order valence-corrected chi connectivity index (χ3v) is 4.84. The largest absolute Gasteiger partial charge is 0.356 e. The highest BCUT2D eigenvalue weighted by molar-refractivity contribution is 14.0. The van der Waals surface area contributed by atoms with Crippen LogP contribution in [0.25, 0.3) is 0 Å². The zero-order valence-corrected chi connectivity index (χ0v) is 19.6. The Labute approximate surface area is 189 Å². The van der Waals surface area contributed by atoms with Gasteiger partial charge in [-0.25, -0.2) is 4.99 Å². The van der Waals surface area contributed by atoms with Gasteiger partial charge in [-0.1, -0.05) is 48.5 Å². The van der Waals surface area contributed by atoms with Crippen molar-refractivity contribution in [1.29, 1.82) is 0 Å². The molecule has 2 N–H and O–H groups in total. The van der Waals surface area contributed by atoms with Gasteiger partial charge in [0, 0.05) is 37.8 Å². The second-order valence-corrected chi connectivity index (χ2v) is 7.37. The van der Waals surface area contributed by atoms with Gasteiger partial charge < -0.3 is 15.5 Å². The Morgan fingerprint density at radius 3 is 2.21 bits per heavy atom. The maximum Gasteiger partial charge on any atom is 0.243 e. The van der Waals surface area contributed by atoms with Gasteiger partial charge in [-0.05, 0) is 24.1 Å². The Kier molecular flexibility index (Phi) is 12.4. The van der Waals surface area contributed by atoms with Crippen LogP contribution in [-0.4, -0.2) is 56.2 Å². The van der Waals surface area contributed by atoms with Crippen molar-refractivity contribution in [1.82, 2.24) is 15.5 Å². The molecule has 0 aliphatic carbocycles. The van der Waals surface area contributed by atoms with Crippen LogP contribution in [0.2, 0.25) is 0 Å². The molecule has 28 heavy (non-hydrogen) atoms. The first-order valence-corrected chi connectivity index (χ1v) is 10.1. The number of likely N-dealkylation sites (N-methyl/N-ethyl adjacent to an activating group) is 1. The van der Waals surface area contributed by atoms with Crippen LogP contribution in [-0.2, 0) is 11.2 Å². The summed E-state index contributed by atoms with van der Waals surface area (Å²) < 4.78 is 0. The van der Waals surface area contributed by atoms with E-state index in [-0.39, 0.29) is 36.4 Å².